The third kappa shape index (κ3) is 4.70. The van der Waals surface area contributed by atoms with Crippen LogP contribution in [0.2, 0.25) is 0 Å². The molecule has 11 heteroatoms. The van der Waals surface area contributed by atoms with Gasteiger partial charge in [0.2, 0.25) is 0 Å². The van der Waals surface area contributed by atoms with Crippen molar-refractivity contribution in [1.82, 2.24) is 19.2 Å². The molecule has 2 aliphatic heterocycles. The van der Waals surface area contributed by atoms with Crippen molar-refractivity contribution in [3.63, 3.8) is 0 Å². The Morgan fingerprint density at radius 2 is 2.08 bits per heavy atom. The second-order valence-corrected chi connectivity index (χ2v) is 10.2. The van der Waals surface area contributed by atoms with E-state index in [2.05, 4.69) is 14.7 Å². The normalized spacial score (nSPS) is 20.7. The van der Waals surface area contributed by atoms with E-state index in [0.29, 0.717) is 54.4 Å². The molecule has 36 heavy (non-hydrogen) atoms. The van der Waals surface area contributed by atoms with E-state index in [4.69, 9.17) is 0 Å². The van der Waals surface area contributed by atoms with Gasteiger partial charge in [0.25, 0.3) is 6.43 Å². The number of hydrogen-bond donors (Lipinski definition) is 2. The summed E-state index contributed by atoms with van der Waals surface area (Å²) in [7, 11) is 0. The Kier molecular flexibility index (Phi) is 6.71. The number of β-amino-alcohol motifs (C(OH)–C–C–N with tert-alkyl or cyclic N) is 1. The van der Waals surface area contributed by atoms with Crippen molar-refractivity contribution < 1.29 is 23.1 Å². The fourth-order valence-electron chi connectivity index (χ4n) is 4.88. The quantitative estimate of drug-likeness (QED) is 0.509. The second-order valence-electron chi connectivity index (χ2n) is 9.46. The lowest BCUT2D eigenvalue weighted by atomic mass is 9.80. The van der Waals surface area contributed by atoms with Crippen LogP contribution >= 0.6 is 11.5 Å². The van der Waals surface area contributed by atoms with Crippen LogP contribution in [0.15, 0.2) is 42.7 Å². The molecule has 0 bridgehead atoms. The topological polar surface area (TPSA) is 81.6 Å². The summed E-state index contributed by atoms with van der Waals surface area (Å²) in [5.41, 5.74) is 1.35. The van der Waals surface area contributed by atoms with Gasteiger partial charge in [-0.15, -0.1) is 0 Å². The third-order valence-electron chi connectivity index (χ3n) is 7.01. The van der Waals surface area contributed by atoms with Crippen molar-refractivity contribution in [1.29, 1.82) is 0 Å². The number of aromatic nitrogens is 2. The van der Waals surface area contributed by atoms with Gasteiger partial charge >= 0.3 is 6.03 Å². The first-order chi connectivity index (χ1) is 17.2. The minimum atomic E-state index is -2.67. The number of urea groups is 1. The van der Waals surface area contributed by atoms with Gasteiger partial charge in [0.15, 0.2) is 0 Å². The number of nitrogens with one attached hydrogen (secondary N) is 1. The van der Waals surface area contributed by atoms with Crippen LogP contribution in [0.5, 0.6) is 0 Å². The summed E-state index contributed by atoms with van der Waals surface area (Å²) >= 11 is 1.21. The Hall–Kier alpha value is -3.02. The fraction of sp³-hybridized carbons (Fsp3) is 0.400. The van der Waals surface area contributed by atoms with E-state index in [1.807, 2.05) is 11.0 Å². The van der Waals surface area contributed by atoms with E-state index >= 15 is 0 Å². The van der Waals surface area contributed by atoms with Crippen molar-refractivity contribution in [3.8, 4) is 0 Å². The summed E-state index contributed by atoms with van der Waals surface area (Å²) in [4.78, 5) is 21.3. The first kappa shape index (κ1) is 24.7. The molecule has 0 saturated carbocycles. The number of benzene rings is 2. The molecule has 1 atom stereocenters. The predicted molar refractivity (Wildman–Crippen MR) is 130 cm³/mol. The van der Waals surface area contributed by atoms with Gasteiger partial charge in [-0.1, -0.05) is 24.3 Å². The van der Waals surface area contributed by atoms with Crippen LogP contribution in [0, 0.1) is 12.7 Å². The lowest BCUT2D eigenvalue weighted by Gasteiger charge is -2.36. The van der Waals surface area contributed by atoms with Gasteiger partial charge in [-0.25, -0.2) is 22.9 Å². The zero-order valence-corrected chi connectivity index (χ0v) is 20.4. The second kappa shape index (κ2) is 9.79. The summed E-state index contributed by atoms with van der Waals surface area (Å²) in [5, 5.41) is 13.1. The summed E-state index contributed by atoms with van der Waals surface area (Å²) in [6.07, 6.45) is -1.10. The summed E-state index contributed by atoms with van der Waals surface area (Å²) < 4.78 is 45.4. The predicted octanol–water partition coefficient (Wildman–Crippen LogP) is 4.32. The molecule has 2 amide bonds. The number of aryl methyl sites for hydroxylation is 1. The first-order valence-electron chi connectivity index (χ1n) is 11.7. The zero-order chi connectivity index (χ0) is 25.4. The third-order valence-corrected chi connectivity index (χ3v) is 7.88. The van der Waals surface area contributed by atoms with Gasteiger partial charge < -0.3 is 15.3 Å². The molecular formula is C25H26F3N5O2S. The van der Waals surface area contributed by atoms with Crippen LogP contribution in [-0.4, -0.2) is 62.6 Å². The van der Waals surface area contributed by atoms with Gasteiger partial charge in [0, 0.05) is 44.0 Å². The monoisotopic (exact) mass is 517 g/mol. The number of hydrogen-bond acceptors (Lipinski definition) is 6. The van der Waals surface area contributed by atoms with Crippen LogP contribution < -0.4 is 5.32 Å². The number of aliphatic hydroxyl groups excluding tert-OH is 1. The molecule has 2 aromatic carbocycles. The highest BCUT2D eigenvalue weighted by Crippen LogP contribution is 2.42. The number of aliphatic hydroxyl groups is 1. The summed E-state index contributed by atoms with van der Waals surface area (Å²) in [6, 6.07) is 8.88. The molecule has 1 unspecified atom stereocenters. The molecule has 1 aromatic heterocycles. The minimum Gasteiger partial charge on any atom is -0.390 e. The average Bonchev–Trinajstić information content (AvgIpc) is 3.52. The van der Waals surface area contributed by atoms with Crippen molar-refractivity contribution in [3.05, 3.63) is 75.8 Å². The van der Waals surface area contributed by atoms with Crippen LogP contribution in [0.3, 0.4) is 0 Å². The lowest BCUT2D eigenvalue weighted by molar-refractivity contribution is -0.00277. The number of anilines is 1. The number of carbonyl (C=O) groups excluding carboxylic acids is 1. The fourth-order valence-corrected chi connectivity index (χ4v) is 5.63. The lowest BCUT2D eigenvalue weighted by Crippen LogP contribution is -2.49. The number of rotatable bonds is 6. The van der Waals surface area contributed by atoms with E-state index in [0.717, 1.165) is 5.56 Å². The van der Waals surface area contributed by atoms with Gasteiger partial charge in [0.05, 0.1) is 11.5 Å². The van der Waals surface area contributed by atoms with E-state index in [1.54, 1.807) is 24.0 Å². The largest absolute Gasteiger partial charge is 0.390 e. The van der Waals surface area contributed by atoms with E-state index in [1.165, 1.54) is 36.1 Å². The Labute approximate surface area is 210 Å². The highest BCUT2D eigenvalue weighted by Gasteiger charge is 2.45. The summed E-state index contributed by atoms with van der Waals surface area (Å²) in [6.45, 7) is 3.73. The molecule has 7 nitrogen and oxygen atoms in total. The van der Waals surface area contributed by atoms with Crippen molar-refractivity contribution in [2.24, 2.45) is 0 Å². The maximum absolute atomic E-state index is 14.5. The van der Waals surface area contributed by atoms with Crippen LogP contribution in [0.25, 0.3) is 0 Å². The first-order valence-corrected chi connectivity index (χ1v) is 12.4. The number of carbonyl (C=O) groups is 1. The molecule has 0 radical (unpaired) electrons. The van der Waals surface area contributed by atoms with Crippen LogP contribution in [-0.2, 0) is 12.0 Å². The molecule has 0 spiro atoms. The highest BCUT2D eigenvalue weighted by atomic mass is 32.1. The number of nitrogens with zero attached hydrogens (tertiary/aromatic N) is 4. The Balaban J connectivity index is 1.40. The molecule has 3 aromatic rings. The SMILES string of the molecule is Cc1ccc(C2(c3ncns3)CCN(C(=O)Nc3cc(C(F)F)ccc3CN3CC(O)C3)C2)cc1F. The van der Waals surface area contributed by atoms with Crippen LogP contribution in [0.4, 0.5) is 23.7 Å². The van der Waals surface area contributed by atoms with Gasteiger partial charge in [-0.3, -0.25) is 4.90 Å². The van der Waals surface area contributed by atoms with Crippen LogP contribution in [0.1, 0.15) is 40.1 Å². The summed E-state index contributed by atoms with van der Waals surface area (Å²) in [5.74, 6) is -0.330. The Bertz CT molecular complexity index is 1250. The van der Waals surface area contributed by atoms with Gasteiger partial charge in [0.1, 0.15) is 17.2 Å². The zero-order valence-electron chi connectivity index (χ0n) is 19.6. The number of amides is 2. The minimum absolute atomic E-state index is 0.183. The number of likely N-dealkylation sites (tertiary alicyclic amines) is 2. The number of halogens is 3. The Morgan fingerprint density at radius 3 is 2.75 bits per heavy atom. The molecule has 5 rings (SSSR count). The average molecular weight is 518 g/mol. The van der Waals surface area contributed by atoms with Crippen molar-refractivity contribution in [2.45, 2.75) is 37.8 Å². The number of alkyl halides is 2. The maximum atomic E-state index is 14.5. The standard InChI is InChI=1S/C25H26F3N5O2S/c1-15-2-5-18(9-20(15)26)25(23-29-14-30-36-23)6-7-33(13-25)24(35)31-21-8-16(22(27)28)3-4-17(21)10-32-11-19(34)12-32/h2-5,8-9,14,19,22,34H,6-7,10-13H2,1H3,(H,31,35). The van der Waals surface area contributed by atoms with E-state index in [-0.39, 0.29) is 17.9 Å². The van der Waals surface area contributed by atoms with Crippen molar-refractivity contribution in [2.75, 3.05) is 31.5 Å². The van der Waals surface area contributed by atoms with Crippen molar-refractivity contribution >= 4 is 23.3 Å². The molecule has 0 aliphatic carbocycles. The van der Waals surface area contributed by atoms with E-state index in [9.17, 15) is 23.1 Å². The smallest absolute Gasteiger partial charge is 0.321 e. The highest BCUT2D eigenvalue weighted by molar-refractivity contribution is 7.05. The molecule has 3 heterocycles. The molecule has 190 valence electrons. The van der Waals surface area contributed by atoms with Gasteiger partial charge in [-0.05, 0) is 53.7 Å². The molecule has 2 N–H and O–H groups in total. The molecule has 2 aliphatic rings. The van der Waals surface area contributed by atoms with E-state index < -0.39 is 24.0 Å². The molecular weight excluding hydrogens is 491 g/mol. The maximum Gasteiger partial charge on any atom is 0.321 e. The Morgan fingerprint density at radius 1 is 1.28 bits per heavy atom. The molecule has 2 fully saturated rings. The molecule has 2 saturated heterocycles. The van der Waals surface area contributed by atoms with Gasteiger partial charge in [-0.2, -0.15) is 4.37 Å².